The Morgan fingerprint density at radius 2 is 2.04 bits per heavy atom. The molecule has 0 aromatic carbocycles. The summed E-state index contributed by atoms with van der Waals surface area (Å²) in [5, 5.41) is 15.3. The number of rotatable bonds is 3. The summed E-state index contributed by atoms with van der Waals surface area (Å²) in [5.41, 5.74) is 7.10. The van der Waals surface area contributed by atoms with Gasteiger partial charge in [0.1, 0.15) is 5.65 Å². The van der Waals surface area contributed by atoms with Crippen LogP contribution in [0.4, 0.5) is 5.69 Å². The summed E-state index contributed by atoms with van der Waals surface area (Å²) in [4.78, 5) is 19.3. The van der Waals surface area contributed by atoms with Crippen molar-refractivity contribution in [3.05, 3.63) is 24.0 Å². The minimum Gasteiger partial charge on any atom is -0.412 e. The Morgan fingerprint density at radius 1 is 1.32 bits per heavy atom. The maximum absolute atomic E-state index is 11.9. The van der Waals surface area contributed by atoms with Crippen molar-refractivity contribution < 1.29 is 15.4 Å². The number of anilines is 1. The Hall–Kier alpha value is -2.12. The molecule has 134 valence electrons. The number of amides is 1. The first kappa shape index (κ1) is 16.4. The number of aliphatic hydroxyl groups is 1. The maximum Gasteiger partial charge on any atom is 0.252 e. The van der Waals surface area contributed by atoms with Crippen LogP contribution in [-0.4, -0.2) is 38.1 Å². The van der Waals surface area contributed by atoms with Crippen LogP contribution in [0.25, 0.3) is 11.0 Å². The Bertz CT molecular complexity index is 817. The lowest BCUT2D eigenvalue weighted by Crippen LogP contribution is -2.59. The largest absolute Gasteiger partial charge is 0.412 e. The van der Waals surface area contributed by atoms with E-state index in [1.807, 2.05) is 12.3 Å². The Morgan fingerprint density at radius 3 is 2.68 bits per heavy atom. The van der Waals surface area contributed by atoms with Gasteiger partial charge in [0.15, 0.2) is 0 Å². The highest BCUT2D eigenvalue weighted by atomic mass is 16.3. The van der Waals surface area contributed by atoms with Gasteiger partial charge in [-0.05, 0) is 55.9 Å². The number of carbonyl (C=O) groups excluding carboxylic acids is 1. The van der Waals surface area contributed by atoms with Crippen molar-refractivity contribution in [1.29, 1.82) is 0 Å². The lowest BCUT2D eigenvalue weighted by Gasteiger charge is -2.58. The van der Waals surface area contributed by atoms with E-state index in [1.165, 1.54) is 12.8 Å². The van der Waals surface area contributed by atoms with E-state index in [-0.39, 0.29) is 5.48 Å². The van der Waals surface area contributed by atoms with Gasteiger partial charge in [0.25, 0.3) is 5.91 Å². The molecule has 2 aromatic heterocycles. The molecule has 1 amide bonds. The quantitative estimate of drug-likeness (QED) is 0.665. The highest BCUT2D eigenvalue weighted by molar-refractivity contribution is 6.06. The molecule has 5 atom stereocenters. The fraction of sp³-hybridized carbons (Fsp3) is 0.556. The normalized spacial score (nSPS) is 35.6. The highest BCUT2D eigenvalue weighted by Crippen LogP contribution is 2.56. The van der Waals surface area contributed by atoms with E-state index >= 15 is 0 Å². The molecule has 2 aromatic rings. The van der Waals surface area contributed by atoms with Crippen molar-refractivity contribution >= 4 is 22.6 Å². The van der Waals surface area contributed by atoms with E-state index in [4.69, 9.17) is 5.73 Å². The molecule has 7 N–H and O–H groups in total. The van der Waals surface area contributed by atoms with Gasteiger partial charge in [0.05, 0.1) is 16.9 Å². The minimum absolute atomic E-state index is 0. The monoisotopic (exact) mass is 344 g/mol. The van der Waals surface area contributed by atoms with Gasteiger partial charge in [-0.25, -0.2) is 4.98 Å². The van der Waals surface area contributed by atoms with E-state index in [2.05, 4.69) is 15.3 Å². The molecule has 4 aliphatic carbocycles. The lowest BCUT2D eigenvalue weighted by molar-refractivity contribution is -0.129. The van der Waals surface area contributed by atoms with Crippen molar-refractivity contribution in [1.82, 2.24) is 9.97 Å². The molecule has 4 saturated carbocycles. The number of aromatic nitrogens is 2. The Kier molecular flexibility index (Phi) is 3.56. The van der Waals surface area contributed by atoms with Crippen LogP contribution in [0, 0.1) is 17.8 Å². The smallest absolute Gasteiger partial charge is 0.252 e. The molecular formula is C18H24N4O3. The number of fused-ring (bicyclic) bond motifs is 1. The van der Waals surface area contributed by atoms with E-state index < -0.39 is 11.5 Å². The van der Waals surface area contributed by atoms with Crippen LogP contribution >= 0.6 is 0 Å². The van der Waals surface area contributed by atoms with Gasteiger partial charge in [0.2, 0.25) is 0 Å². The zero-order valence-corrected chi connectivity index (χ0v) is 14.0. The van der Waals surface area contributed by atoms with Crippen LogP contribution in [0.2, 0.25) is 0 Å². The summed E-state index contributed by atoms with van der Waals surface area (Å²) < 4.78 is 0. The summed E-state index contributed by atoms with van der Waals surface area (Å²) >= 11 is 0. The third-order valence-corrected chi connectivity index (χ3v) is 6.40. The zero-order chi connectivity index (χ0) is 16.5. The topological polar surface area (TPSA) is 136 Å². The van der Waals surface area contributed by atoms with Crippen LogP contribution in [0.1, 0.15) is 42.5 Å². The molecule has 6 rings (SSSR count). The standard InChI is InChI=1S/C18H22N4O2.H2O/c19-16(23)13-8-21-17-12(1-2-20-17)15(13)22-14-10-3-9-4-11(14)7-18(24,5-9)6-10;/h1-2,8-11,14,24H,3-7H2,(H2,19,23)(H2,20,21,22);1H2/t9-,10+,11-,14-,18+;. The summed E-state index contributed by atoms with van der Waals surface area (Å²) in [7, 11) is 0. The molecule has 4 fully saturated rings. The van der Waals surface area contributed by atoms with Crippen LogP contribution < -0.4 is 11.1 Å². The van der Waals surface area contributed by atoms with Crippen molar-refractivity contribution in [2.45, 2.75) is 43.7 Å². The SMILES string of the molecule is NC(=O)c1cnc2[nH]ccc2c1N[C@H]1[C@@H]2C[C@H]3C[C@H]1C[C@@](O)(C3)C2.O. The molecule has 0 spiro atoms. The molecule has 0 radical (unpaired) electrons. The molecule has 0 aliphatic heterocycles. The average molecular weight is 344 g/mol. The zero-order valence-electron chi connectivity index (χ0n) is 14.0. The second-order valence-corrected chi connectivity index (χ2v) is 8.02. The fourth-order valence-corrected chi connectivity index (χ4v) is 5.73. The third kappa shape index (κ3) is 2.41. The number of pyridine rings is 1. The summed E-state index contributed by atoms with van der Waals surface area (Å²) in [6.07, 6.45) is 8.42. The highest BCUT2D eigenvalue weighted by Gasteiger charge is 2.54. The summed E-state index contributed by atoms with van der Waals surface area (Å²) in [5.74, 6) is 1.12. The van der Waals surface area contributed by atoms with E-state index in [0.717, 1.165) is 36.0 Å². The molecule has 0 unspecified atom stereocenters. The Labute approximate surface area is 145 Å². The molecule has 2 heterocycles. The Balaban J connectivity index is 0.00000157. The number of nitrogens with zero attached hydrogens (tertiary/aromatic N) is 1. The first-order valence-electron chi connectivity index (χ1n) is 8.77. The molecule has 4 aliphatic rings. The number of primary amides is 1. The lowest BCUT2D eigenvalue weighted by atomic mass is 9.52. The van der Waals surface area contributed by atoms with Gasteiger partial charge in [-0.15, -0.1) is 0 Å². The van der Waals surface area contributed by atoms with Gasteiger partial charge in [0, 0.05) is 23.8 Å². The molecule has 25 heavy (non-hydrogen) atoms. The number of carbonyl (C=O) groups is 1. The van der Waals surface area contributed by atoms with E-state index in [1.54, 1.807) is 6.20 Å². The van der Waals surface area contributed by atoms with Gasteiger partial charge in [-0.3, -0.25) is 4.79 Å². The van der Waals surface area contributed by atoms with Crippen LogP contribution in [0.5, 0.6) is 0 Å². The van der Waals surface area contributed by atoms with E-state index in [9.17, 15) is 9.90 Å². The van der Waals surface area contributed by atoms with E-state index in [0.29, 0.717) is 29.4 Å². The molecule has 4 bridgehead atoms. The second kappa shape index (κ2) is 5.44. The van der Waals surface area contributed by atoms with Gasteiger partial charge in [-0.2, -0.15) is 0 Å². The number of hydrogen-bond acceptors (Lipinski definition) is 4. The van der Waals surface area contributed by atoms with Gasteiger partial charge < -0.3 is 26.6 Å². The predicted molar refractivity (Wildman–Crippen MR) is 94.1 cm³/mol. The van der Waals surface area contributed by atoms with Crippen molar-refractivity contribution in [3.8, 4) is 0 Å². The van der Waals surface area contributed by atoms with Crippen molar-refractivity contribution in [3.63, 3.8) is 0 Å². The summed E-state index contributed by atoms with van der Waals surface area (Å²) in [6.45, 7) is 0. The molecule has 0 saturated heterocycles. The van der Waals surface area contributed by atoms with Crippen LogP contribution in [-0.2, 0) is 0 Å². The van der Waals surface area contributed by atoms with Crippen LogP contribution in [0.3, 0.4) is 0 Å². The van der Waals surface area contributed by atoms with Crippen LogP contribution in [0.15, 0.2) is 18.5 Å². The molecular weight excluding hydrogens is 320 g/mol. The number of nitrogens with one attached hydrogen (secondary N) is 2. The predicted octanol–water partition coefficient (Wildman–Crippen LogP) is 1.19. The third-order valence-electron chi connectivity index (χ3n) is 6.40. The average Bonchev–Trinajstić information content (AvgIpc) is 2.97. The minimum atomic E-state index is -0.462. The second-order valence-electron chi connectivity index (χ2n) is 8.02. The van der Waals surface area contributed by atoms with Crippen molar-refractivity contribution in [2.75, 3.05) is 5.32 Å². The first-order valence-corrected chi connectivity index (χ1v) is 8.77. The molecule has 7 nitrogen and oxygen atoms in total. The number of hydrogen-bond donors (Lipinski definition) is 4. The van der Waals surface area contributed by atoms with Crippen molar-refractivity contribution in [2.24, 2.45) is 23.5 Å². The fourth-order valence-electron chi connectivity index (χ4n) is 5.73. The maximum atomic E-state index is 11.9. The van der Waals surface area contributed by atoms with Gasteiger partial charge >= 0.3 is 0 Å². The number of H-pyrrole nitrogens is 1. The number of nitrogens with two attached hydrogens (primary N) is 1. The molecule has 7 heteroatoms. The summed E-state index contributed by atoms with van der Waals surface area (Å²) in [6, 6.07) is 2.22. The number of aromatic amines is 1. The van der Waals surface area contributed by atoms with Gasteiger partial charge in [-0.1, -0.05) is 0 Å². The first-order chi connectivity index (χ1) is 11.5.